The molecule has 0 atom stereocenters. The van der Waals surface area contributed by atoms with E-state index in [-0.39, 0.29) is 5.91 Å². The van der Waals surface area contributed by atoms with E-state index >= 15 is 0 Å². The summed E-state index contributed by atoms with van der Waals surface area (Å²) in [6.07, 6.45) is 7.04. The van der Waals surface area contributed by atoms with Crippen LogP contribution in [0.1, 0.15) is 48.2 Å². The second kappa shape index (κ2) is 8.43. The second-order valence-electron chi connectivity index (χ2n) is 6.27. The van der Waals surface area contributed by atoms with Crippen molar-refractivity contribution in [3.63, 3.8) is 0 Å². The highest BCUT2D eigenvalue weighted by atomic mass is 16.1. The van der Waals surface area contributed by atoms with Crippen molar-refractivity contribution in [2.24, 2.45) is 0 Å². The first kappa shape index (κ1) is 16.4. The van der Waals surface area contributed by atoms with Gasteiger partial charge in [0.25, 0.3) is 5.91 Å². The van der Waals surface area contributed by atoms with Crippen LogP contribution in [0.4, 0.5) is 5.82 Å². The highest BCUT2D eigenvalue weighted by Crippen LogP contribution is 2.20. The maximum Gasteiger partial charge on any atom is 0.271 e. The number of rotatable bonds is 6. The number of anilines is 1. The van der Waals surface area contributed by atoms with Gasteiger partial charge in [0.1, 0.15) is 5.82 Å². The van der Waals surface area contributed by atoms with E-state index in [1.54, 1.807) is 6.07 Å². The summed E-state index contributed by atoms with van der Waals surface area (Å²) in [4.78, 5) is 12.1. The summed E-state index contributed by atoms with van der Waals surface area (Å²) < 4.78 is 0. The lowest BCUT2D eigenvalue weighted by atomic mass is 9.95. The van der Waals surface area contributed by atoms with Crippen LogP contribution in [0.3, 0.4) is 0 Å². The summed E-state index contributed by atoms with van der Waals surface area (Å²) in [5.74, 6) is 0.574. The zero-order valence-corrected chi connectivity index (χ0v) is 13.9. The predicted octanol–water partition coefficient (Wildman–Crippen LogP) is 3.19. The number of carbonyl (C=O) groups is 1. The number of carbonyl (C=O) groups excluding carboxylic acids is 1. The molecule has 1 aliphatic carbocycles. The Labute approximate surface area is 142 Å². The predicted molar refractivity (Wildman–Crippen MR) is 95.0 cm³/mol. The topological polar surface area (TPSA) is 66.9 Å². The van der Waals surface area contributed by atoms with E-state index in [4.69, 9.17) is 0 Å². The molecule has 0 spiro atoms. The first-order chi connectivity index (χ1) is 11.8. The first-order valence-corrected chi connectivity index (χ1v) is 8.73. The number of amides is 1. The summed E-state index contributed by atoms with van der Waals surface area (Å²) in [5, 5.41) is 14.5. The van der Waals surface area contributed by atoms with Gasteiger partial charge in [-0.2, -0.15) is 0 Å². The van der Waals surface area contributed by atoms with Crippen LogP contribution in [0.15, 0.2) is 42.5 Å². The van der Waals surface area contributed by atoms with Gasteiger partial charge in [0.05, 0.1) is 0 Å². The molecule has 3 rings (SSSR count). The quantitative estimate of drug-likeness (QED) is 0.856. The number of benzene rings is 1. The van der Waals surface area contributed by atoms with E-state index < -0.39 is 0 Å². The lowest BCUT2D eigenvalue weighted by molar-refractivity contribution is 0.0948. The van der Waals surface area contributed by atoms with E-state index in [1.165, 1.54) is 37.7 Å². The zero-order valence-electron chi connectivity index (χ0n) is 13.9. The van der Waals surface area contributed by atoms with E-state index in [1.807, 2.05) is 24.3 Å². The summed E-state index contributed by atoms with van der Waals surface area (Å²) in [5.41, 5.74) is 1.56. The van der Waals surface area contributed by atoms with Crippen molar-refractivity contribution >= 4 is 11.7 Å². The monoisotopic (exact) mass is 324 g/mol. The molecule has 1 amide bonds. The SMILES string of the molecule is O=C(NCCc1ccccc1)c1ccc(NC2CCCCC2)nn1. The average molecular weight is 324 g/mol. The molecule has 1 aromatic heterocycles. The van der Waals surface area contributed by atoms with Crippen LogP contribution in [0, 0.1) is 0 Å². The molecule has 0 saturated heterocycles. The number of nitrogens with zero attached hydrogens (tertiary/aromatic N) is 2. The Balaban J connectivity index is 1.46. The van der Waals surface area contributed by atoms with Crippen LogP contribution >= 0.6 is 0 Å². The Morgan fingerprint density at radius 3 is 2.50 bits per heavy atom. The molecule has 1 heterocycles. The number of hydrogen-bond donors (Lipinski definition) is 2. The van der Waals surface area contributed by atoms with Gasteiger partial charge >= 0.3 is 0 Å². The molecule has 2 aromatic rings. The van der Waals surface area contributed by atoms with Crippen molar-refractivity contribution < 1.29 is 4.79 Å². The van der Waals surface area contributed by atoms with Crippen molar-refractivity contribution in [1.29, 1.82) is 0 Å². The third-order valence-electron chi connectivity index (χ3n) is 4.40. The molecule has 0 unspecified atom stereocenters. The van der Waals surface area contributed by atoms with Gasteiger partial charge in [-0.15, -0.1) is 10.2 Å². The third kappa shape index (κ3) is 4.78. The molecule has 1 aliphatic rings. The fourth-order valence-electron chi connectivity index (χ4n) is 3.04. The van der Waals surface area contributed by atoms with E-state index in [0.717, 1.165) is 12.2 Å². The minimum atomic E-state index is -0.178. The van der Waals surface area contributed by atoms with Crippen molar-refractivity contribution in [3.8, 4) is 0 Å². The standard InChI is InChI=1S/C19H24N4O/c24-19(20-14-13-15-7-3-1-4-8-15)17-11-12-18(23-22-17)21-16-9-5-2-6-10-16/h1,3-4,7-8,11-12,16H,2,5-6,9-10,13-14H2,(H,20,24)(H,21,23). The van der Waals surface area contributed by atoms with E-state index in [9.17, 15) is 4.79 Å². The highest BCUT2D eigenvalue weighted by molar-refractivity contribution is 5.92. The fourth-order valence-corrected chi connectivity index (χ4v) is 3.04. The Hall–Kier alpha value is -2.43. The van der Waals surface area contributed by atoms with Crippen LogP contribution in [-0.2, 0) is 6.42 Å². The average Bonchev–Trinajstić information content (AvgIpc) is 2.64. The molecule has 5 nitrogen and oxygen atoms in total. The Morgan fingerprint density at radius 2 is 1.79 bits per heavy atom. The van der Waals surface area contributed by atoms with Gasteiger partial charge in [-0.05, 0) is 37.0 Å². The minimum absolute atomic E-state index is 0.178. The molecular weight excluding hydrogens is 300 g/mol. The van der Waals surface area contributed by atoms with Gasteiger partial charge in [-0.25, -0.2) is 0 Å². The first-order valence-electron chi connectivity index (χ1n) is 8.73. The molecule has 24 heavy (non-hydrogen) atoms. The van der Waals surface area contributed by atoms with Gasteiger partial charge in [0, 0.05) is 12.6 Å². The van der Waals surface area contributed by atoms with Gasteiger partial charge in [-0.1, -0.05) is 49.6 Å². The molecule has 1 aromatic carbocycles. The van der Waals surface area contributed by atoms with E-state index in [2.05, 4.69) is 33.0 Å². The molecule has 0 aliphatic heterocycles. The van der Waals surface area contributed by atoms with Gasteiger partial charge in [0.15, 0.2) is 5.69 Å². The largest absolute Gasteiger partial charge is 0.366 e. The van der Waals surface area contributed by atoms with E-state index in [0.29, 0.717) is 18.3 Å². The summed E-state index contributed by atoms with van der Waals surface area (Å²) in [7, 11) is 0. The maximum atomic E-state index is 12.1. The second-order valence-corrected chi connectivity index (χ2v) is 6.27. The fraction of sp³-hybridized carbons (Fsp3) is 0.421. The summed E-state index contributed by atoms with van der Waals surface area (Å²) >= 11 is 0. The number of nitrogens with one attached hydrogen (secondary N) is 2. The van der Waals surface area contributed by atoms with Gasteiger partial charge in [0.2, 0.25) is 0 Å². The lowest BCUT2D eigenvalue weighted by Gasteiger charge is -2.22. The molecule has 0 radical (unpaired) electrons. The smallest absolute Gasteiger partial charge is 0.271 e. The molecule has 5 heteroatoms. The minimum Gasteiger partial charge on any atom is -0.366 e. The Bertz CT molecular complexity index is 636. The van der Waals surface area contributed by atoms with Crippen LogP contribution in [0.25, 0.3) is 0 Å². The normalized spacial score (nSPS) is 15.0. The van der Waals surface area contributed by atoms with Crippen LogP contribution in [0.5, 0.6) is 0 Å². The zero-order chi connectivity index (χ0) is 16.6. The van der Waals surface area contributed by atoms with Gasteiger partial charge in [-0.3, -0.25) is 4.79 Å². The highest BCUT2D eigenvalue weighted by Gasteiger charge is 2.14. The summed E-state index contributed by atoms with van der Waals surface area (Å²) in [6.45, 7) is 0.590. The maximum absolute atomic E-state index is 12.1. The third-order valence-corrected chi connectivity index (χ3v) is 4.40. The Morgan fingerprint density at radius 1 is 1.00 bits per heavy atom. The number of hydrogen-bond acceptors (Lipinski definition) is 4. The molecule has 126 valence electrons. The molecule has 0 bridgehead atoms. The van der Waals surface area contributed by atoms with Crippen LogP contribution in [0.2, 0.25) is 0 Å². The van der Waals surface area contributed by atoms with Crippen molar-refractivity contribution in [2.45, 2.75) is 44.6 Å². The van der Waals surface area contributed by atoms with Crippen molar-refractivity contribution in [1.82, 2.24) is 15.5 Å². The number of aromatic nitrogens is 2. The molecule has 1 saturated carbocycles. The molecule has 2 N–H and O–H groups in total. The van der Waals surface area contributed by atoms with Gasteiger partial charge < -0.3 is 10.6 Å². The van der Waals surface area contributed by atoms with Crippen LogP contribution < -0.4 is 10.6 Å². The summed E-state index contributed by atoms with van der Waals surface area (Å²) in [6, 6.07) is 14.2. The van der Waals surface area contributed by atoms with Crippen molar-refractivity contribution in [3.05, 3.63) is 53.7 Å². The van der Waals surface area contributed by atoms with Crippen molar-refractivity contribution in [2.75, 3.05) is 11.9 Å². The Kier molecular flexibility index (Phi) is 5.77. The molecule has 1 fully saturated rings. The van der Waals surface area contributed by atoms with Crippen LogP contribution in [-0.4, -0.2) is 28.7 Å². The lowest BCUT2D eigenvalue weighted by Crippen LogP contribution is -2.27. The molecular formula is C19H24N4O.